The Morgan fingerprint density at radius 1 is 1.50 bits per heavy atom. The topological polar surface area (TPSA) is 37.3 Å². The first-order valence-electron chi connectivity index (χ1n) is 4.76. The predicted molar refractivity (Wildman–Crippen MR) is 63.5 cm³/mol. The largest absolute Gasteiger partial charge is 0.481 e. The standard InChI is InChI=1S/C11H12ClFO2S/c1-6(11(14)15)7(2)16-8-3-4-10(13)9(12)5-8/h3-7H,1-2H3,(H,14,15). The maximum atomic E-state index is 12.9. The fraction of sp³-hybridized carbons (Fsp3) is 0.364. The van der Waals surface area contributed by atoms with Gasteiger partial charge in [-0.15, -0.1) is 11.8 Å². The zero-order chi connectivity index (χ0) is 12.3. The minimum atomic E-state index is -0.840. The van der Waals surface area contributed by atoms with Crippen LogP contribution >= 0.6 is 23.4 Å². The van der Waals surface area contributed by atoms with Crippen molar-refractivity contribution in [1.82, 2.24) is 0 Å². The number of thioether (sulfide) groups is 1. The van der Waals surface area contributed by atoms with E-state index in [0.29, 0.717) is 0 Å². The fourth-order valence-corrected chi connectivity index (χ4v) is 2.40. The molecule has 2 unspecified atom stereocenters. The van der Waals surface area contributed by atoms with Gasteiger partial charge < -0.3 is 5.11 Å². The SMILES string of the molecule is CC(Sc1ccc(F)c(Cl)c1)C(C)C(=O)O. The summed E-state index contributed by atoms with van der Waals surface area (Å²) in [4.78, 5) is 11.5. The average molecular weight is 263 g/mol. The minimum Gasteiger partial charge on any atom is -0.481 e. The molecule has 0 bridgehead atoms. The van der Waals surface area contributed by atoms with Gasteiger partial charge in [0.25, 0.3) is 0 Å². The number of carboxylic acid groups (broad SMARTS) is 1. The third kappa shape index (κ3) is 3.39. The van der Waals surface area contributed by atoms with E-state index in [1.807, 2.05) is 6.92 Å². The van der Waals surface area contributed by atoms with Crippen molar-refractivity contribution in [1.29, 1.82) is 0 Å². The molecule has 1 aromatic carbocycles. The van der Waals surface area contributed by atoms with Gasteiger partial charge >= 0.3 is 5.97 Å². The number of rotatable bonds is 4. The van der Waals surface area contributed by atoms with Gasteiger partial charge in [0.2, 0.25) is 0 Å². The Morgan fingerprint density at radius 3 is 2.62 bits per heavy atom. The van der Waals surface area contributed by atoms with E-state index >= 15 is 0 Å². The van der Waals surface area contributed by atoms with E-state index in [9.17, 15) is 9.18 Å². The van der Waals surface area contributed by atoms with Crippen molar-refractivity contribution >= 4 is 29.3 Å². The van der Waals surface area contributed by atoms with Gasteiger partial charge in [-0.25, -0.2) is 4.39 Å². The number of hydrogen-bond acceptors (Lipinski definition) is 2. The second-order valence-corrected chi connectivity index (χ2v) is 5.38. The highest BCUT2D eigenvalue weighted by Crippen LogP contribution is 2.30. The van der Waals surface area contributed by atoms with E-state index in [-0.39, 0.29) is 10.3 Å². The van der Waals surface area contributed by atoms with Crippen molar-refractivity contribution in [3.63, 3.8) is 0 Å². The van der Waals surface area contributed by atoms with Crippen LogP contribution < -0.4 is 0 Å². The molecule has 1 rings (SSSR count). The van der Waals surface area contributed by atoms with Crippen molar-refractivity contribution in [2.45, 2.75) is 24.0 Å². The quantitative estimate of drug-likeness (QED) is 0.841. The molecule has 2 nitrogen and oxygen atoms in total. The molecule has 0 radical (unpaired) electrons. The molecule has 16 heavy (non-hydrogen) atoms. The molecule has 0 saturated carbocycles. The molecule has 2 atom stereocenters. The highest BCUT2D eigenvalue weighted by molar-refractivity contribution is 8.00. The second-order valence-electron chi connectivity index (χ2n) is 3.53. The van der Waals surface area contributed by atoms with E-state index in [1.165, 1.54) is 23.9 Å². The Morgan fingerprint density at radius 2 is 2.12 bits per heavy atom. The maximum absolute atomic E-state index is 12.9. The molecule has 0 fully saturated rings. The molecule has 0 aliphatic heterocycles. The van der Waals surface area contributed by atoms with Gasteiger partial charge in [-0.3, -0.25) is 4.79 Å². The lowest BCUT2D eigenvalue weighted by atomic mass is 10.1. The number of carboxylic acids is 1. The summed E-state index contributed by atoms with van der Waals surface area (Å²) in [5.74, 6) is -1.77. The monoisotopic (exact) mass is 262 g/mol. The van der Waals surface area contributed by atoms with Gasteiger partial charge in [0, 0.05) is 10.1 Å². The van der Waals surface area contributed by atoms with Crippen molar-refractivity contribution in [2.75, 3.05) is 0 Å². The fourth-order valence-electron chi connectivity index (χ4n) is 1.07. The molecule has 0 aromatic heterocycles. The predicted octanol–water partition coefficient (Wildman–Crippen LogP) is 3.68. The molecular formula is C11H12ClFO2S. The van der Waals surface area contributed by atoms with E-state index in [0.717, 1.165) is 4.90 Å². The summed E-state index contributed by atoms with van der Waals surface area (Å²) in [7, 11) is 0. The Kier molecular flexibility index (Phi) is 4.62. The van der Waals surface area contributed by atoms with E-state index in [4.69, 9.17) is 16.7 Å². The van der Waals surface area contributed by atoms with Crippen molar-refractivity contribution in [3.8, 4) is 0 Å². The average Bonchev–Trinajstić information content (AvgIpc) is 2.22. The van der Waals surface area contributed by atoms with E-state index < -0.39 is 17.7 Å². The van der Waals surface area contributed by atoms with Gasteiger partial charge in [-0.05, 0) is 18.2 Å². The van der Waals surface area contributed by atoms with Crippen LogP contribution in [0, 0.1) is 11.7 Å². The summed E-state index contributed by atoms with van der Waals surface area (Å²) < 4.78 is 12.9. The summed E-state index contributed by atoms with van der Waals surface area (Å²) in [5.41, 5.74) is 0. The Balaban J connectivity index is 2.73. The first kappa shape index (κ1) is 13.3. The molecular weight excluding hydrogens is 251 g/mol. The lowest BCUT2D eigenvalue weighted by Crippen LogP contribution is -2.19. The van der Waals surface area contributed by atoms with Crippen LogP contribution in [0.2, 0.25) is 5.02 Å². The summed E-state index contributed by atoms with van der Waals surface area (Å²) in [6.07, 6.45) is 0. The van der Waals surface area contributed by atoms with Gasteiger partial charge in [0.05, 0.1) is 10.9 Å². The van der Waals surface area contributed by atoms with Crippen molar-refractivity contribution in [2.24, 2.45) is 5.92 Å². The second kappa shape index (κ2) is 5.55. The molecule has 5 heteroatoms. The molecule has 0 saturated heterocycles. The van der Waals surface area contributed by atoms with Crippen LogP contribution in [0.1, 0.15) is 13.8 Å². The van der Waals surface area contributed by atoms with Gasteiger partial charge in [-0.2, -0.15) is 0 Å². The van der Waals surface area contributed by atoms with Crippen LogP contribution in [-0.2, 0) is 4.79 Å². The van der Waals surface area contributed by atoms with Crippen LogP contribution in [0.25, 0.3) is 0 Å². The van der Waals surface area contributed by atoms with Crippen molar-refractivity contribution < 1.29 is 14.3 Å². The van der Waals surface area contributed by atoms with Crippen LogP contribution in [0.3, 0.4) is 0 Å². The molecule has 0 aliphatic carbocycles. The van der Waals surface area contributed by atoms with Crippen molar-refractivity contribution in [3.05, 3.63) is 29.0 Å². The number of carbonyl (C=O) groups is 1. The Labute approximate surface area is 103 Å². The Hall–Kier alpha value is -0.740. The zero-order valence-electron chi connectivity index (χ0n) is 8.91. The highest BCUT2D eigenvalue weighted by atomic mass is 35.5. The first-order valence-corrected chi connectivity index (χ1v) is 6.02. The summed E-state index contributed by atoms with van der Waals surface area (Å²) in [6.45, 7) is 3.46. The Bertz CT molecular complexity index is 398. The maximum Gasteiger partial charge on any atom is 0.307 e. The lowest BCUT2D eigenvalue weighted by molar-refractivity contribution is -0.140. The summed E-state index contributed by atoms with van der Waals surface area (Å²) in [6, 6.07) is 4.38. The molecule has 0 aliphatic rings. The van der Waals surface area contributed by atoms with E-state index in [2.05, 4.69) is 0 Å². The highest BCUT2D eigenvalue weighted by Gasteiger charge is 2.20. The summed E-state index contributed by atoms with van der Waals surface area (Å²) >= 11 is 7.01. The van der Waals surface area contributed by atoms with Crippen LogP contribution in [0.4, 0.5) is 4.39 Å². The molecule has 88 valence electrons. The van der Waals surface area contributed by atoms with E-state index in [1.54, 1.807) is 13.0 Å². The number of hydrogen-bond donors (Lipinski definition) is 1. The first-order chi connectivity index (χ1) is 7.41. The normalized spacial score (nSPS) is 14.5. The minimum absolute atomic E-state index is 0.0557. The molecule has 1 aromatic rings. The van der Waals surface area contributed by atoms with Gasteiger partial charge in [0.1, 0.15) is 5.82 Å². The third-order valence-electron chi connectivity index (χ3n) is 2.31. The van der Waals surface area contributed by atoms with Crippen LogP contribution in [0.15, 0.2) is 23.1 Å². The molecule has 0 heterocycles. The van der Waals surface area contributed by atoms with Gasteiger partial charge in [0.15, 0.2) is 0 Å². The number of benzene rings is 1. The van der Waals surface area contributed by atoms with Gasteiger partial charge in [-0.1, -0.05) is 25.4 Å². The zero-order valence-corrected chi connectivity index (χ0v) is 10.5. The molecule has 1 N–H and O–H groups in total. The smallest absolute Gasteiger partial charge is 0.307 e. The van der Waals surface area contributed by atoms with Crippen LogP contribution in [0.5, 0.6) is 0 Å². The summed E-state index contributed by atoms with van der Waals surface area (Å²) in [5, 5.41) is 8.79. The molecule has 0 amide bonds. The number of aliphatic carboxylic acids is 1. The number of halogens is 2. The third-order valence-corrected chi connectivity index (χ3v) is 3.90. The molecule has 0 spiro atoms. The lowest BCUT2D eigenvalue weighted by Gasteiger charge is -2.15. The van der Waals surface area contributed by atoms with Crippen LogP contribution in [-0.4, -0.2) is 16.3 Å².